The minimum Gasteiger partial charge on any atom is -0.459 e. The number of hydrogen-bond acceptors (Lipinski definition) is 4. The molecule has 20 heavy (non-hydrogen) atoms. The number of rotatable bonds is 2. The summed E-state index contributed by atoms with van der Waals surface area (Å²) >= 11 is 0. The van der Waals surface area contributed by atoms with Crippen LogP contribution in [0.3, 0.4) is 0 Å². The second kappa shape index (κ2) is 4.63. The molecule has 0 radical (unpaired) electrons. The average molecular weight is 268 g/mol. The topological polar surface area (TPSA) is 52.1 Å². The zero-order chi connectivity index (χ0) is 14.2. The third-order valence-corrected chi connectivity index (χ3v) is 3.15. The van der Waals surface area contributed by atoms with Crippen LogP contribution in [-0.4, -0.2) is 10.2 Å². The van der Waals surface area contributed by atoms with Gasteiger partial charge in [-0.15, -0.1) is 10.2 Å². The van der Waals surface area contributed by atoms with Crippen molar-refractivity contribution in [1.82, 2.24) is 10.2 Å². The Labute approximate surface area is 117 Å². The van der Waals surface area contributed by atoms with Crippen molar-refractivity contribution in [2.45, 2.75) is 26.2 Å². The molecule has 2 heterocycles. The van der Waals surface area contributed by atoms with Gasteiger partial charge >= 0.3 is 0 Å². The molecule has 0 atom stereocenters. The van der Waals surface area contributed by atoms with Gasteiger partial charge in [-0.25, -0.2) is 0 Å². The molecule has 4 heteroatoms. The Kier molecular flexibility index (Phi) is 2.93. The van der Waals surface area contributed by atoms with Gasteiger partial charge < -0.3 is 8.83 Å². The van der Waals surface area contributed by atoms with E-state index in [4.69, 9.17) is 8.83 Å². The Hall–Kier alpha value is -2.36. The molecule has 102 valence electrons. The third-order valence-electron chi connectivity index (χ3n) is 3.15. The maximum atomic E-state index is 5.62. The quantitative estimate of drug-likeness (QED) is 0.695. The van der Waals surface area contributed by atoms with E-state index in [0.717, 1.165) is 5.56 Å². The van der Waals surface area contributed by atoms with Crippen LogP contribution in [-0.2, 0) is 5.41 Å². The molecule has 0 unspecified atom stereocenters. The van der Waals surface area contributed by atoms with Crippen molar-refractivity contribution < 1.29 is 8.83 Å². The van der Waals surface area contributed by atoms with E-state index < -0.39 is 0 Å². The summed E-state index contributed by atoms with van der Waals surface area (Å²) in [6.07, 6.45) is 1.58. The summed E-state index contributed by atoms with van der Waals surface area (Å²) in [5.41, 5.74) is 2.31. The summed E-state index contributed by atoms with van der Waals surface area (Å²) in [6.45, 7) is 6.55. The summed E-state index contributed by atoms with van der Waals surface area (Å²) in [4.78, 5) is 0. The zero-order valence-corrected chi connectivity index (χ0v) is 11.8. The van der Waals surface area contributed by atoms with Crippen LogP contribution >= 0.6 is 0 Å². The molecule has 1 aromatic carbocycles. The number of furan rings is 1. The Morgan fingerprint density at radius 1 is 0.900 bits per heavy atom. The van der Waals surface area contributed by atoms with Crippen molar-refractivity contribution in [1.29, 1.82) is 0 Å². The maximum Gasteiger partial charge on any atom is 0.283 e. The van der Waals surface area contributed by atoms with E-state index in [0.29, 0.717) is 17.5 Å². The van der Waals surface area contributed by atoms with Crippen LogP contribution in [0.2, 0.25) is 0 Å². The van der Waals surface area contributed by atoms with Gasteiger partial charge in [-0.1, -0.05) is 32.9 Å². The molecule has 0 spiro atoms. The molecule has 0 N–H and O–H groups in total. The minimum atomic E-state index is 0.132. The smallest absolute Gasteiger partial charge is 0.283 e. The van der Waals surface area contributed by atoms with Crippen LogP contribution in [0.15, 0.2) is 51.5 Å². The molecule has 0 amide bonds. The monoisotopic (exact) mass is 268 g/mol. The molecule has 0 aliphatic carbocycles. The molecular weight excluding hydrogens is 252 g/mol. The SMILES string of the molecule is CC(C)(C)c1ccc(-c2nnc(-c3ccco3)o2)cc1. The van der Waals surface area contributed by atoms with Crippen molar-refractivity contribution in [3.63, 3.8) is 0 Å². The molecule has 0 bridgehead atoms. The molecule has 4 nitrogen and oxygen atoms in total. The summed E-state index contributed by atoms with van der Waals surface area (Å²) in [6, 6.07) is 11.8. The van der Waals surface area contributed by atoms with Gasteiger partial charge in [0.05, 0.1) is 6.26 Å². The first-order chi connectivity index (χ1) is 9.54. The highest BCUT2D eigenvalue weighted by molar-refractivity contribution is 5.55. The Bertz CT molecular complexity index is 689. The Morgan fingerprint density at radius 3 is 2.20 bits per heavy atom. The number of nitrogens with zero attached hydrogens (tertiary/aromatic N) is 2. The summed E-state index contributed by atoms with van der Waals surface area (Å²) in [7, 11) is 0. The van der Waals surface area contributed by atoms with Gasteiger partial charge in [0.15, 0.2) is 5.76 Å². The van der Waals surface area contributed by atoms with Gasteiger partial charge in [0, 0.05) is 5.56 Å². The van der Waals surface area contributed by atoms with Crippen molar-refractivity contribution in [3.8, 4) is 23.1 Å². The lowest BCUT2D eigenvalue weighted by Crippen LogP contribution is -2.10. The van der Waals surface area contributed by atoms with Crippen molar-refractivity contribution in [2.75, 3.05) is 0 Å². The van der Waals surface area contributed by atoms with E-state index in [-0.39, 0.29) is 5.41 Å². The molecule has 0 saturated heterocycles. The first-order valence-electron chi connectivity index (χ1n) is 6.52. The van der Waals surface area contributed by atoms with Gasteiger partial charge in [-0.2, -0.15) is 0 Å². The van der Waals surface area contributed by atoms with Crippen LogP contribution in [0.1, 0.15) is 26.3 Å². The fourth-order valence-electron chi connectivity index (χ4n) is 1.95. The number of benzene rings is 1. The fraction of sp³-hybridized carbons (Fsp3) is 0.250. The summed E-state index contributed by atoms with van der Waals surface area (Å²) in [5.74, 6) is 1.47. The molecule has 2 aromatic heterocycles. The zero-order valence-electron chi connectivity index (χ0n) is 11.8. The lowest BCUT2D eigenvalue weighted by molar-refractivity contribution is 0.523. The van der Waals surface area contributed by atoms with Crippen molar-refractivity contribution >= 4 is 0 Å². The third kappa shape index (κ3) is 2.37. The predicted octanol–water partition coefficient (Wildman–Crippen LogP) is 4.29. The average Bonchev–Trinajstić information content (AvgIpc) is 3.09. The van der Waals surface area contributed by atoms with Crippen LogP contribution < -0.4 is 0 Å². The highest BCUT2D eigenvalue weighted by atomic mass is 16.4. The number of aromatic nitrogens is 2. The fourth-order valence-corrected chi connectivity index (χ4v) is 1.95. The molecular formula is C16H16N2O2. The van der Waals surface area contributed by atoms with Gasteiger partial charge in [0.2, 0.25) is 5.89 Å². The van der Waals surface area contributed by atoms with E-state index in [1.807, 2.05) is 12.1 Å². The Balaban J connectivity index is 1.90. The molecule has 0 aliphatic heterocycles. The largest absolute Gasteiger partial charge is 0.459 e. The van der Waals surface area contributed by atoms with E-state index >= 15 is 0 Å². The normalized spacial score (nSPS) is 11.8. The first-order valence-corrected chi connectivity index (χ1v) is 6.52. The predicted molar refractivity (Wildman–Crippen MR) is 76.1 cm³/mol. The Morgan fingerprint density at radius 2 is 1.60 bits per heavy atom. The van der Waals surface area contributed by atoms with Gasteiger partial charge in [-0.3, -0.25) is 0 Å². The van der Waals surface area contributed by atoms with Crippen molar-refractivity contribution in [3.05, 3.63) is 48.2 Å². The molecule has 0 fully saturated rings. The maximum absolute atomic E-state index is 5.62. The number of hydrogen-bond donors (Lipinski definition) is 0. The minimum absolute atomic E-state index is 0.132. The second-order valence-electron chi connectivity index (χ2n) is 5.72. The van der Waals surface area contributed by atoms with Crippen molar-refractivity contribution in [2.24, 2.45) is 0 Å². The summed E-state index contributed by atoms with van der Waals surface area (Å²) in [5, 5.41) is 8.05. The van der Waals surface area contributed by atoms with Gasteiger partial charge in [0.25, 0.3) is 5.89 Å². The van der Waals surface area contributed by atoms with E-state index in [2.05, 4.69) is 43.1 Å². The van der Waals surface area contributed by atoms with Crippen LogP contribution in [0.4, 0.5) is 0 Å². The van der Waals surface area contributed by atoms with Gasteiger partial charge in [-0.05, 0) is 35.2 Å². The van der Waals surface area contributed by atoms with E-state index in [1.54, 1.807) is 18.4 Å². The van der Waals surface area contributed by atoms with Crippen LogP contribution in [0, 0.1) is 0 Å². The molecule has 3 rings (SSSR count). The lowest BCUT2D eigenvalue weighted by Gasteiger charge is -2.18. The highest BCUT2D eigenvalue weighted by Gasteiger charge is 2.15. The standard InChI is InChI=1S/C16H16N2O2/c1-16(2,3)12-8-6-11(7-9-12)14-17-18-15(20-14)13-5-4-10-19-13/h4-10H,1-3H3. The van der Waals surface area contributed by atoms with E-state index in [9.17, 15) is 0 Å². The van der Waals surface area contributed by atoms with Gasteiger partial charge in [0.1, 0.15) is 0 Å². The highest BCUT2D eigenvalue weighted by Crippen LogP contribution is 2.27. The second-order valence-corrected chi connectivity index (χ2v) is 5.72. The molecule has 0 saturated carbocycles. The first kappa shape index (κ1) is 12.7. The van der Waals surface area contributed by atoms with Crippen LogP contribution in [0.5, 0.6) is 0 Å². The van der Waals surface area contributed by atoms with E-state index in [1.165, 1.54) is 5.56 Å². The van der Waals surface area contributed by atoms with Crippen LogP contribution in [0.25, 0.3) is 23.1 Å². The summed E-state index contributed by atoms with van der Waals surface area (Å²) < 4.78 is 10.9. The lowest BCUT2D eigenvalue weighted by atomic mass is 9.87. The molecule has 0 aliphatic rings. The molecule has 3 aromatic rings.